The van der Waals surface area contributed by atoms with Crippen LogP contribution in [-0.4, -0.2) is 10.5 Å². The zero-order chi connectivity index (χ0) is 20.4. The quantitative estimate of drug-likeness (QED) is 0.506. The molecule has 0 radical (unpaired) electrons. The van der Waals surface area contributed by atoms with E-state index in [0.717, 1.165) is 21.9 Å². The Morgan fingerprint density at radius 1 is 1.00 bits per heavy atom. The highest BCUT2D eigenvalue weighted by atomic mass is 35.5. The minimum absolute atomic E-state index is 0.159. The van der Waals surface area contributed by atoms with E-state index in [0.29, 0.717) is 22.8 Å². The van der Waals surface area contributed by atoms with Crippen LogP contribution < -0.4 is 10.9 Å². The number of halogens is 1. The van der Waals surface area contributed by atoms with Crippen molar-refractivity contribution in [1.29, 1.82) is 0 Å². The lowest BCUT2D eigenvalue weighted by atomic mass is 10.0. The Kier molecular flexibility index (Phi) is 5.19. The second-order valence-corrected chi connectivity index (χ2v) is 7.35. The molecule has 0 aliphatic carbocycles. The van der Waals surface area contributed by atoms with E-state index >= 15 is 0 Å². The van der Waals surface area contributed by atoms with Gasteiger partial charge in [0.15, 0.2) is 0 Å². The molecule has 0 atom stereocenters. The van der Waals surface area contributed by atoms with E-state index < -0.39 is 0 Å². The number of nitrogens with zero attached hydrogens (tertiary/aromatic N) is 1. The van der Waals surface area contributed by atoms with Crippen LogP contribution in [0.15, 0.2) is 83.8 Å². The molecule has 1 N–H and O–H groups in total. The smallest absolute Gasteiger partial charge is 0.257 e. The number of fused-ring (bicyclic) bond motifs is 1. The molecule has 0 fully saturated rings. The number of carbonyl (C=O) groups is 1. The summed E-state index contributed by atoms with van der Waals surface area (Å²) in [4.78, 5) is 25.1. The number of hydrogen-bond donors (Lipinski definition) is 1. The van der Waals surface area contributed by atoms with E-state index in [2.05, 4.69) is 5.32 Å². The predicted octanol–water partition coefficient (Wildman–Crippen LogP) is 5.26. The van der Waals surface area contributed by atoms with Crippen LogP contribution in [0.5, 0.6) is 0 Å². The SMILES string of the molecule is Cc1ccc(NC(=O)c2ccc(=O)n(Cc3cccc4ccccc34)c2)cc1Cl. The van der Waals surface area contributed by atoms with Gasteiger partial charge in [-0.05, 0) is 47.0 Å². The number of hydrogen-bond acceptors (Lipinski definition) is 2. The van der Waals surface area contributed by atoms with Crippen molar-refractivity contribution in [3.8, 4) is 0 Å². The summed E-state index contributed by atoms with van der Waals surface area (Å²) < 4.78 is 1.55. The molecule has 0 spiro atoms. The van der Waals surface area contributed by atoms with Crippen molar-refractivity contribution in [2.45, 2.75) is 13.5 Å². The van der Waals surface area contributed by atoms with Crippen molar-refractivity contribution in [2.75, 3.05) is 5.32 Å². The highest BCUT2D eigenvalue weighted by Gasteiger charge is 2.10. The fourth-order valence-corrected chi connectivity index (χ4v) is 3.46. The summed E-state index contributed by atoms with van der Waals surface area (Å²) in [6.07, 6.45) is 1.59. The van der Waals surface area contributed by atoms with E-state index in [4.69, 9.17) is 11.6 Å². The molecule has 0 saturated carbocycles. The molecule has 0 bridgehead atoms. The average Bonchev–Trinajstić information content (AvgIpc) is 2.72. The van der Waals surface area contributed by atoms with Crippen LogP contribution in [0.4, 0.5) is 5.69 Å². The second-order valence-electron chi connectivity index (χ2n) is 6.94. The Morgan fingerprint density at radius 2 is 1.79 bits per heavy atom. The van der Waals surface area contributed by atoms with Gasteiger partial charge in [0, 0.05) is 23.0 Å². The third-order valence-electron chi connectivity index (χ3n) is 4.90. The third kappa shape index (κ3) is 4.08. The molecule has 4 rings (SSSR count). The zero-order valence-electron chi connectivity index (χ0n) is 15.9. The summed E-state index contributed by atoms with van der Waals surface area (Å²) in [6.45, 7) is 2.29. The minimum atomic E-state index is -0.295. The zero-order valence-corrected chi connectivity index (χ0v) is 16.6. The Balaban J connectivity index is 1.62. The average molecular weight is 403 g/mol. The molecule has 0 unspecified atom stereocenters. The molecule has 29 heavy (non-hydrogen) atoms. The lowest BCUT2D eigenvalue weighted by Crippen LogP contribution is -2.22. The number of carbonyl (C=O) groups excluding carboxylic acids is 1. The van der Waals surface area contributed by atoms with Gasteiger partial charge in [-0.2, -0.15) is 0 Å². The topological polar surface area (TPSA) is 51.1 Å². The van der Waals surface area contributed by atoms with Gasteiger partial charge in [0.1, 0.15) is 0 Å². The third-order valence-corrected chi connectivity index (χ3v) is 5.30. The van der Waals surface area contributed by atoms with Crippen molar-refractivity contribution >= 4 is 34.0 Å². The number of amides is 1. The molecule has 1 aromatic heterocycles. The van der Waals surface area contributed by atoms with Crippen LogP contribution in [0.1, 0.15) is 21.5 Å². The lowest BCUT2D eigenvalue weighted by Gasteiger charge is -2.11. The van der Waals surface area contributed by atoms with Gasteiger partial charge in [0.2, 0.25) is 0 Å². The van der Waals surface area contributed by atoms with E-state index in [1.165, 1.54) is 12.1 Å². The maximum absolute atomic E-state index is 12.7. The van der Waals surface area contributed by atoms with Gasteiger partial charge in [0.25, 0.3) is 11.5 Å². The number of benzene rings is 3. The number of pyridine rings is 1. The summed E-state index contributed by atoms with van der Waals surface area (Å²) in [5, 5.41) is 5.62. The van der Waals surface area contributed by atoms with Crippen molar-refractivity contribution in [3.63, 3.8) is 0 Å². The van der Waals surface area contributed by atoms with E-state index in [9.17, 15) is 9.59 Å². The predicted molar refractivity (Wildman–Crippen MR) is 118 cm³/mol. The van der Waals surface area contributed by atoms with Gasteiger partial charge >= 0.3 is 0 Å². The van der Waals surface area contributed by atoms with Crippen LogP contribution in [0, 0.1) is 6.92 Å². The molecular weight excluding hydrogens is 384 g/mol. The van der Waals surface area contributed by atoms with Gasteiger partial charge < -0.3 is 9.88 Å². The number of aryl methyl sites for hydroxylation is 1. The summed E-state index contributed by atoms with van der Waals surface area (Å²) in [7, 11) is 0. The highest BCUT2D eigenvalue weighted by Crippen LogP contribution is 2.21. The van der Waals surface area contributed by atoms with Crippen molar-refractivity contribution in [1.82, 2.24) is 4.57 Å². The molecule has 0 aliphatic heterocycles. The van der Waals surface area contributed by atoms with Gasteiger partial charge in [-0.15, -0.1) is 0 Å². The Hall–Kier alpha value is -3.37. The molecule has 5 heteroatoms. The molecule has 0 saturated heterocycles. The molecule has 4 aromatic rings. The summed E-state index contributed by atoms with van der Waals surface area (Å²) in [6, 6.07) is 22.4. The number of rotatable bonds is 4. The van der Waals surface area contributed by atoms with Crippen LogP contribution in [0.25, 0.3) is 10.8 Å². The van der Waals surface area contributed by atoms with Gasteiger partial charge in [-0.3, -0.25) is 9.59 Å². The summed E-state index contributed by atoms with van der Waals surface area (Å²) in [5.74, 6) is -0.295. The Bertz CT molecular complexity index is 1270. The minimum Gasteiger partial charge on any atom is -0.322 e. The van der Waals surface area contributed by atoms with Gasteiger partial charge in [-0.1, -0.05) is 60.1 Å². The molecule has 144 valence electrons. The molecule has 1 heterocycles. The highest BCUT2D eigenvalue weighted by molar-refractivity contribution is 6.31. The van der Waals surface area contributed by atoms with Crippen molar-refractivity contribution < 1.29 is 4.79 Å². The van der Waals surface area contributed by atoms with Crippen LogP contribution in [-0.2, 0) is 6.54 Å². The standard InChI is InChI=1S/C24H19ClN2O2/c1-16-9-11-20(13-22(16)25)26-24(29)19-10-12-23(28)27(15-19)14-18-7-4-6-17-5-2-3-8-21(17)18/h2-13,15H,14H2,1H3,(H,26,29). The molecule has 1 amide bonds. The molecule has 3 aromatic carbocycles. The van der Waals surface area contributed by atoms with Crippen LogP contribution >= 0.6 is 11.6 Å². The van der Waals surface area contributed by atoms with E-state index in [1.807, 2.05) is 55.5 Å². The largest absolute Gasteiger partial charge is 0.322 e. The first-order chi connectivity index (χ1) is 14.0. The van der Waals surface area contributed by atoms with Gasteiger partial charge in [0.05, 0.1) is 12.1 Å². The van der Waals surface area contributed by atoms with Crippen LogP contribution in [0.3, 0.4) is 0 Å². The number of nitrogens with one attached hydrogen (secondary N) is 1. The second kappa shape index (κ2) is 7.94. The fourth-order valence-electron chi connectivity index (χ4n) is 3.28. The maximum atomic E-state index is 12.7. The summed E-state index contributed by atoms with van der Waals surface area (Å²) in [5.41, 5.74) is 2.81. The van der Waals surface area contributed by atoms with E-state index in [-0.39, 0.29) is 11.5 Å². The van der Waals surface area contributed by atoms with Crippen molar-refractivity contribution in [3.05, 3.63) is 111 Å². The van der Waals surface area contributed by atoms with Crippen molar-refractivity contribution in [2.24, 2.45) is 0 Å². The van der Waals surface area contributed by atoms with E-state index in [1.54, 1.807) is 22.9 Å². The first-order valence-electron chi connectivity index (χ1n) is 9.26. The summed E-state index contributed by atoms with van der Waals surface area (Å²) >= 11 is 6.13. The van der Waals surface area contributed by atoms with Crippen LogP contribution in [0.2, 0.25) is 5.02 Å². The first kappa shape index (κ1) is 19.0. The Morgan fingerprint density at radius 3 is 2.62 bits per heavy atom. The molecule has 0 aliphatic rings. The van der Waals surface area contributed by atoms with Gasteiger partial charge in [-0.25, -0.2) is 0 Å². The Labute approximate surface area is 173 Å². The number of aromatic nitrogens is 1. The molecule has 4 nitrogen and oxygen atoms in total. The lowest BCUT2D eigenvalue weighted by molar-refractivity contribution is 0.102. The maximum Gasteiger partial charge on any atom is 0.257 e. The normalized spacial score (nSPS) is 10.8. The molecular formula is C24H19ClN2O2. The fraction of sp³-hybridized carbons (Fsp3) is 0.0833. The first-order valence-corrected chi connectivity index (χ1v) is 9.64. The monoisotopic (exact) mass is 402 g/mol. The number of anilines is 1.